The Balaban J connectivity index is 1.67. The number of ether oxygens (including phenoxy) is 1. The van der Waals surface area contributed by atoms with Crippen molar-refractivity contribution < 1.29 is 9.84 Å². The molecule has 23 heavy (non-hydrogen) atoms. The van der Waals surface area contributed by atoms with Crippen LogP contribution in [-0.2, 0) is 0 Å². The lowest BCUT2D eigenvalue weighted by Crippen LogP contribution is -2.33. The Morgan fingerprint density at radius 3 is 2.74 bits per heavy atom. The number of rotatable bonds is 5. The molecule has 0 aliphatic carbocycles. The fourth-order valence-electron chi connectivity index (χ4n) is 2.69. The van der Waals surface area contributed by atoms with Crippen LogP contribution in [0.5, 0.6) is 11.6 Å². The maximum Gasteiger partial charge on any atom is 0.228 e. The van der Waals surface area contributed by atoms with Gasteiger partial charge in [0.1, 0.15) is 5.75 Å². The summed E-state index contributed by atoms with van der Waals surface area (Å²) < 4.78 is 5.78. The van der Waals surface area contributed by atoms with E-state index in [1.54, 1.807) is 12.3 Å². The van der Waals surface area contributed by atoms with Gasteiger partial charge in [-0.25, -0.2) is 4.98 Å². The van der Waals surface area contributed by atoms with E-state index in [2.05, 4.69) is 19.8 Å². The van der Waals surface area contributed by atoms with E-state index in [4.69, 9.17) is 9.84 Å². The summed E-state index contributed by atoms with van der Waals surface area (Å²) in [5.74, 6) is 2.02. The van der Waals surface area contributed by atoms with Crippen molar-refractivity contribution in [3.05, 3.63) is 42.6 Å². The van der Waals surface area contributed by atoms with E-state index in [0.717, 1.165) is 44.9 Å². The number of aromatic nitrogens is 2. The number of anilines is 1. The van der Waals surface area contributed by atoms with Crippen molar-refractivity contribution in [1.29, 1.82) is 0 Å². The van der Waals surface area contributed by atoms with Crippen LogP contribution >= 0.6 is 0 Å². The molecule has 2 aromatic rings. The van der Waals surface area contributed by atoms with Gasteiger partial charge in [0.25, 0.3) is 0 Å². The molecule has 0 radical (unpaired) electrons. The fraction of sp³-hybridized carbons (Fsp3) is 0.412. The van der Waals surface area contributed by atoms with Crippen LogP contribution in [0.4, 0.5) is 5.95 Å². The highest BCUT2D eigenvalue weighted by Gasteiger charge is 2.17. The Kier molecular flexibility index (Phi) is 5.39. The summed E-state index contributed by atoms with van der Waals surface area (Å²) in [7, 11) is 0. The van der Waals surface area contributed by atoms with Crippen molar-refractivity contribution >= 4 is 5.95 Å². The smallest absolute Gasteiger partial charge is 0.228 e. The molecule has 122 valence electrons. The molecule has 0 amide bonds. The second-order valence-electron chi connectivity index (χ2n) is 5.52. The zero-order valence-corrected chi connectivity index (χ0v) is 13.1. The maximum absolute atomic E-state index is 9.07. The topological polar surface area (TPSA) is 61.7 Å². The predicted octanol–water partition coefficient (Wildman–Crippen LogP) is 1.77. The number of hydrogen-bond acceptors (Lipinski definition) is 6. The predicted molar refractivity (Wildman–Crippen MR) is 88.9 cm³/mol. The van der Waals surface area contributed by atoms with Gasteiger partial charge in [-0.05, 0) is 25.1 Å². The normalized spacial score (nSPS) is 16.1. The van der Waals surface area contributed by atoms with E-state index in [1.165, 1.54) is 0 Å². The summed E-state index contributed by atoms with van der Waals surface area (Å²) in [6.45, 7) is 4.61. The van der Waals surface area contributed by atoms with Crippen LogP contribution in [0.15, 0.2) is 42.6 Å². The first-order valence-corrected chi connectivity index (χ1v) is 7.99. The van der Waals surface area contributed by atoms with E-state index in [0.29, 0.717) is 11.8 Å². The number of aliphatic hydroxyl groups is 1. The third kappa shape index (κ3) is 4.40. The van der Waals surface area contributed by atoms with Gasteiger partial charge >= 0.3 is 0 Å². The highest BCUT2D eigenvalue weighted by molar-refractivity contribution is 5.34. The molecule has 1 aliphatic rings. The van der Waals surface area contributed by atoms with Gasteiger partial charge in [0, 0.05) is 38.4 Å². The summed E-state index contributed by atoms with van der Waals surface area (Å²) in [5.41, 5.74) is 0. The maximum atomic E-state index is 9.07. The molecule has 1 saturated heterocycles. The number of para-hydroxylation sites is 1. The highest BCUT2D eigenvalue weighted by Crippen LogP contribution is 2.20. The average molecular weight is 314 g/mol. The standard InChI is InChI=1S/C17H22N4O2/c22-14-13-20-9-4-10-21(12-11-20)17-18-8-7-16(19-17)23-15-5-2-1-3-6-15/h1-3,5-8,22H,4,9-14H2. The Bertz CT molecular complexity index is 609. The van der Waals surface area contributed by atoms with Gasteiger partial charge < -0.3 is 14.7 Å². The summed E-state index contributed by atoms with van der Waals surface area (Å²) >= 11 is 0. The van der Waals surface area contributed by atoms with Crippen LogP contribution in [0.2, 0.25) is 0 Å². The first kappa shape index (κ1) is 15.7. The molecule has 0 spiro atoms. The van der Waals surface area contributed by atoms with Gasteiger partial charge in [-0.2, -0.15) is 4.98 Å². The van der Waals surface area contributed by atoms with Gasteiger partial charge in [-0.3, -0.25) is 4.90 Å². The number of aliphatic hydroxyl groups excluding tert-OH is 1. The van der Waals surface area contributed by atoms with Gasteiger partial charge in [0.15, 0.2) is 0 Å². The number of hydrogen-bond donors (Lipinski definition) is 1. The van der Waals surface area contributed by atoms with Crippen LogP contribution in [0.1, 0.15) is 6.42 Å². The van der Waals surface area contributed by atoms with E-state index in [-0.39, 0.29) is 6.61 Å². The molecule has 3 rings (SSSR count). The summed E-state index contributed by atoms with van der Waals surface area (Å²) in [6.07, 6.45) is 2.77. The number of benzene rings is 1. The molecule has 6 nitrogen and oxygen atoms in total. The Labute approximate surface area is 136 Å². The van der Waals surface area contributed by atoms with Crippen LogP contribution in [0.25, 0.3) is 0 Å². The number of nitrogens with zero attached hydrogens (tertiary/aromatic N) is 4. The van der Waals surface area contributed by atoms with Crippen molar-refractivity contribution in [2.75, 3.05) is 44.2 Å². The first-order valence-electron chi connectivity index (χ1n) is 7.99. The van der Waals surface area contributed by atoms with Crippen molar-refractivity contribution in [3.63, 3.8) is 0 Å². The molecular formula is C17H22N4O2. The van der Waals surface area contributed by atoms with E-state index in [1.807, 2.05) is 30.3 Å². The fourth-order valence-corrected chi connectivity index (χ4v) is 2.69. The van der Waals surface area contributed by atoms with Crippen molar-refractivity contribution in [1.82, 2.24) is 14.9 Å². The van der Waals surface area contributed by atoms with Gasteiger partial charge in [0.2, 0.25) is 11.8 Å². The second kappa shape index (κ2) is 7.89. The van der Waals surface area contributed by atoms with Crippen molar-refractivity contribution in [2.24, 2.45) is 0 Å². The zero-order valence-electron chi connectivity index (χ0n) is 13.1. The molecule has 1 fully saturated rings. The Morgan fingerprint density at radius 2 is 1.91 bits per heavy atom. The van der Waals surface area contributed by atoms with Crippen LogP contribution < -0.4 is 9.64 Å². The molecule has 1 aliphatic heterocycles. The van der Waals surface area contributed by atoms with Gasteiger partial charge in [-0.1, -0.05) is 18.2 Å². The lowest BCUT2D eigenvalue weighted by molar-refractivity contribution is 0.204. The van der Waals surface area contributed by atoms with E-state index >= 15 is 0 Å². The zero-order chi connectivity index (χ0) is 15.9. The van der Waals surface area contributed by atoms with Crippen LogP contribution in [-0.4, -0.2) is 59.3 Å². The van der Waals surface area contributed by atoms with E-state index < -0.39 is 0 Å². The largest absolute Gasteiger partial charge is 0.439 e. The van der Waals surface area contributed by atoms with Gasteiger partial charge in [0.05, 0.1) is 6.61 Å². The minimum absolute atomic E-state index is 0.205. The molecular weight excluding hydrogens is 292 g/mol. The van der Waals surface area contributed by atoms with E-state index in [9.17, 15) is 0 Å². The minimum Gasteiger partial charge on any atom is -0.439 e. The minimum atomic E-state index is 0.205. The first-order chi connectivity index (χ1) is 11.3. The van der Waals surface area contributed by atoms with Crippen molar-refractivity contribution in [2.45, 2.75) is 6.42 Å². The summed E-state index contributed by atoms with van der Waals surface area (Å²) in [6, 6.07) is 11.4. The quantitative estimate of drug-likeness (QED) is 0.907. The highest BCUT2D eigenvalue weighted by atomic mass is 16.5. The number of β-amino-alcohol motifs (C(OH)–C–C–N with tert-alkyl or cyclic N) is 1. The SMILES string of the molecule is OCCN1CCCN(c2nccc(Oc3ccccc3)n2)CC1. The van der Waals surface area contributed by atoms with Crippen LogP contribution in [0.3, 0.4) is 0 Å². The lowest BCUT2D eigenvalue weighted by Gasteiger charge is -2.21. The Hall–Kier alpha value is -2.18. The second-order valence-corrected chi connectivity index (χ2v) is 5.52. The third-order valence-electron chi connectivity index (χ3n) is 3.87. The summed E-state index contributed by atoms with van der Waals surface area (Å²) in [5, 5.41) is 9.07. The molecule has 1 aromatic heterocycles. The molecule has 1 N–H and O–H groups in total. The monoisotopic (exact) mass is 314 g/mol. The molecule has 0 unspecified atom stereocenters. The summed E-state index contributed by atoms with van der Waals surface area (Å²) in [4.78, 5) is 13.4. The molecule has 0 atom stereocenters. The van der Waals surface area contributed by atoms with Crippen molar-refractivity contribution in [3.8, 4) is 11.6 Å². The molecule has 2 heterocycles. The molecule has 6 heteroatoms. The molecule has 1 aromatic carbocycles. The molecule has 0 bridgehead atoms. The lowest BCUT2D eigenvalue weighted by atomic mass is 10.3. The van der Waals surface area contributed by atoms with Gasteiger partial charge in [-0.15, -0.1) is 0 Å². The van der Waals surface area contributed by atoms with Crippen LogP contribution in [0, 0.1) is 0 Å². The Morgan fingerprint density at radius 1 is 1.04 bits per heavy atom. The third-order valence-corrected chi connectivity index (χ3v) is 3.87. The molecule has 0 saturated carbocycles. The average Bonchev–Trinajstić information content (AvgIpc) is 2.82.